The molecule has 0 bridgehead atoms. The molecule has 0 saturated heterocycles. The summed E-state index contributed by atoms with van der Waals surface area (Å²) in [6.45, 7) is 13.8. The van der Waals surface area contributed by atoms with Gasteiger partial charge >= 0.3 is 0 Å². The second-order valence-corrected chi connectivity index (χ2v) is 5.50. The van der Waals surface area contributed by atoms with Gasteiger partial charge in [0.05, 0.1) is 0 Å². The SMILES string of the molecule is CCN(Cc1cc(C)ccc1C)C(C)(CC)CN. The molecule has 18 heavy (non-hydrogen) atoms. The molecule has 0 aliphatic rings. The maximum atomic E-state index is 5.97. The van der Waals surface area contributed by atoms with E-state index in [0.29, 0.717) is 6.54 Å². The molecule has 2 heteroatoms. The highest BCUT2D eigenvalue weighted by molar-refractivity contribution is 5.30. The fourth-order valence-electron chi connectivity index (χ4n) is 2.36. The third kappa shape index (κ3) is 3.33. The molecule has 102 valence electrons. The summed E-state index contributed by atoms with van der Waals surface area (Å²) in [7, 11) is 0. The van der Waals surface area contributed by atoms with Crippen molar-refractivity contribution in [2.75, 3.05) is 13.1 Å². The molecule has 0 spiro atoms. The minimum Gasteiger partial charge on any atom is -0.329 e. The Bertz CT molecular complexity index is 381. The molecule has 2 N–H and O–H groups in total. The fourth-order valence-corrected chi connectivity index (χ4v) is 2.36. The Morgan fingerprint density at radius 1 is 1.22 bits per heavy atom. The van der Waals surface area contributed by atoms with Crippen molar-refractivity contribution >= 4 is 0 Å². The molecular weight excluding hydrogens is 220 g/mol. The molecule has 0 aliphatic carbocycles. The van der Waals surface area contributed by atoms with Crippen molar-refractivity contribution in [3.8, 4) is 0 Å². The van der Waals surface area contributed by atoms with Crippen LogP contribution < -0.4 is 5.73 Å². The van der Waals surface area contributed by atoms with Gasteiger partial charge < -0.3 is 5.73 Å². The lowest BCUT2D eigenvalue weighted by Gasteiger charge is -2.40. The van der Waals surface area contributed by atoms with Crippen molar-refractivity contribution in [2.24, 2.45) is 5.73 Å². The molecule has 0 fully saturated rings. The molecule has 1 aromatic rings. The molecule has 0 aliphatic heterocycles. The molecule has 0 heterocycles. The zero-order chi connectivity index (χ0) is 13.8. The van der Waals surface area contributed by atoms with Gasteiger partial charge in [0.15, 0.2) is 0 Å². The zero-order valence-electron chi connectivity index (χ0n) is 12.6. The summed E-state index contributed by atoms with van der Waals surface area (Å²) >= 11 is 0. The summed E-state index contributed by atoms with van der Waals surface area (Å²) in [6, 6.07) is 6.69. The van der Waals surface area contributed by atoms with E-state index < -0.39 is 0 Å². The van der Waals surface area contributed by atoms with E-state index in [0.717, 1.165) is 19.5 Å². The maximum Gasteiger partial charge on any atom is 0.0304 e. The first kappa shape index (κ1) is 15.2. The Balaban J connectivity index is 2.95. The van der Waals surface area contributed by atoms with Crippen LogP contribution in [0.2, 0.25) is 0 Å². The van der Waals surface area contributed by atoms with Gasteiger partial charge in [0.25, 0.3) is 0 Å². The van der Waals surface area contributed by atoms with Crippen molar-refractivity contribution in [2.45, 2.75) is 53.1 Å². The van der Waals surface area contributed by atoms with Gasteiger partial charge in [-0.05, 0) is 44.9 Å². The predicted octanol–water partition coefficient (Wildman–Crippen LogP) is 3.25. The number of likely N-dealkylation sites (N-methyl/N-ethyl adjacent to an activating group) is 1. The van der Waals surface area contributed by atoms with Gasteiger partial charge in [0.1, 0.15) is 0 Å². The summed E-state index contributed by atoms with van der Waals surface area (Å²) < 4.78 is 0. The third-order valence-electron chi connectivity index (χ3n) is 4.21. The average molecular weight is 248 g/mol. The Hall–Kier alpha value is -0.860. The van der Waals surface area contributed by atoms with Crippen LogP contribution in [-0.4, -0.2) is 23.5 Å². The molecule has 1 aromatic carbocycles. The number of nitrogens with two attached hydrogens (primary N) is 1. The van der Waals surface area contributed by atoms with Crippen molar-refractivity contribution in [3.63, 3.8) is 0 Å². The number of hydrogen-bond acceptors (Lipinski definition) is 2. The Morgan fingerprint density at radius 2 is 1.89 bits per heavy atom. The summed E-state index contributed by atoms with van der Waals surface area (Å²) in [5.41, 5.74) is 10.2. The number of nitrogens with zero attached hydrogens (tertiary/aromatic N) is 1. The largest absolute Gasteiger partial charge is 0.329 e. The summed E-state index contributed by atoms with van der Waals surface area (Å²) in [5.74, 6) is 0. The Kier molecular flexibility index (Phi) is 5.36. The molecule has 1 atom stereocenters. The van der Waals surface area contributed by atoms with E-state index in [1.807, 2.05) is 0 Å². The van der Waals surface area contributed by atoms with E-state index in [1.54, 1.807) is 0 Å². The zero-order valence-corrected chi connectivity index (χ0v) is 12.6. The first-order chi connectivity index (χ1) is 8.46. The van der Waals surface area contributed by atoms with Gasteiger partial charge in [0, 0.05) is 18.6 Å². The minimum atomic E-state index is 0.102. The Labute approximate surface area is 112 Å². The number of rotatable bonds is 6. The van der Waals surface area contributed by atoms with E-state index in [9.17, 15) is 0 Å². The highest BCUT2D eigenvalue weighted by atomic mass is 15.2. The quantitative estimate of drug-likeness (QED) is 0.837. The standard InChI is InChI=1S/C16H28N2/c1-6-16(5,12-17)18(7-2)11-15-10-13(3)8-9-14(15)4/h8-10H,6-7,11-12,17H2,1-5H3. The van der Waals surface area contributed by atoms with Gasteiger partial charge in [-0.15, -0.1) is 0 Å². The van der Waals surface area contributed by atoms with Crippen LogP contribution >= 0.6 is 0 Å². The normalized spacial score (nSPS) is 14.8. The van der Waals surface area contributed by atoms with Crippen LogP contribution in [0.25, 0.3) is 0 Å². The summed E-state index contributed by atoms with van der Waals surface area (Å²) in [6.07, 6.45) is 1.09. The maximum absolute atomic E-state index is 5.97. The van der Waals surface area contributed by atoms with Crippen molar-refractivity contribution in [1.82, 2.24) is 4.90 Å². The molecule has 2 nitrogen and oxygen atoms in total. The molecule has 1 unspecified atom stereocenters. The van der Waals surface area contributed by atoms with Crippen LogP contribution in [0.1, 0.15) is 43.9 Å². The molecule has 0 radical (unpaired) electrons. The first-order valence-electron chi connectivity index (χ1n) is 6.98. The minimum absolute atomic E-state index is 0.102. The topological polar surface area (TPSA) is 29.3 Å². The molecule has 0 aromatic heterocycles. The lowest BCUT2D eigenvalue weighted by Crippen LogP contribution is -2.50. The van der Waals surface area contributed by atoms with E-state index in [2.05, 4.69) is 57.7 Å². The third-order valence-corrected chi connectivity index (χ3v) is 4.21. The summed E-state index contributed by atoms with van der Waals surface area (Å²) in [4.78, 5) is 2.49. The summed E-state index contributed by atoms with van der Waals surface area (Å²) in [5, 5.41) is 0. The second kappa shape index (κ2) is 6.35. The van der Waals surface area contributed by atoms with Crippen molar-refractivity contribution < 1.29 is 0 Å². The highest BCUT2D eigenvalue weighted by Gasteiger charge is 2.27. The van der Waals surface area contributed by atoms with Gasteiger partial charge in [-0.1, -0.05) is 37.6 Å². The van der Waals surface area contributed by atoms with E-state index >= 15 is 0 Å². The van der Waals surface area contributed by atoms with E-state index in [-0.39, 0.29) is 5.54 Å². The lowest BCUT2D eigenvalue weighted by atomic mass is 9.94. The fraction of sp³-hybridized carbons (Fsp3) is 0.625. The van der Waals surface area contributed by atoms with Crippen molar-refractivity contribution in [1.29, 1.82) is 0 Å². The van der Waals surface area contributed by atoms with Crippen LogP contribution in [0.4, 0.5) is 0 Å². The monoisotopic (exact) mass is 248 g/mol. The lowest BCUT2D eigenvalue weighted by molar-refractivity contribution is 0.104. The average Bonchev–Trinajstić information content (AvgIpc) is 2.38. The van der Waals surface area contributed by atoms with Gasteiger partial charge in [0.2, 0.25) is 0 Å². The van der Waals surface area contributed by atoms with Crippen LogP contribution in [0.15, 0.2) is 18.2 Å². The Morgan fingerprint density at radius 3 is 2.39 bits per heavy atom. The van der Waals surface area contributed by atoms with Crippen LogP contribution in [0.3, 0.4) is 0 Å². The number of benzene rings is 1. The van der Waals surface area contributed by atoms with E-state index in [1.165, 1.54) is 16.7 Å². The molecule has 1 rings (SSSR count). The second-order valence-electron chi connectivity index (χ2n) is 5.50. The van der Waals surface area contributed by atoms with Gasteiger partial charge in [-0.25, -0.2) is 0 Å². The van der Waals surface area contributed by atoms with Gasteiger partial charge in [-0.2, -0.15) is 0 Å². The first-order valence-corrected chi connectivity index (χ1v) is 6.98. The molecule has 0 saturated carbocycles. The van der Waals surface area contributed by atoms with Gasteiger partial charge in [-0.3, -0.25) is 4.90 Å². The predicted molar refractivity (Wildman–Crippen MR) is 79.8 cm³/mol. The van der Waals surface area contributed by atoms with Crippen LogP contribution in [0.5, 0.6) is 0 Å². The molecule has 0 amide bonds. The van der Waals surface area contributed by atoms with Crippen LogP contribution in [-0.2, 0) is 6.54 Å². The van der Waals surface area contributed by atoms with Crippen molar-refractivity contribution in [3.05, 3.63) is 34.9 Å². The highest BCUT2D eigenvalue weighted by Crippen LogP contribution is 2.22. The molecular formula is C16H28N2. The number of aryl methyl sites for hydroxylation is 2. The number of hydrogen-bond donors (Lipinski definition) is 1. The smallest absolute Gasteiger partial charge is 0.0304 e. The van der Waals surface area contributed by atoms with E-state index in [4.69, 9.17) is 5.73 Å². The van der Waals surface area contributed by atoms with Crippen LogP contribution in [0, 0.1) is 13.8 Å².